The molecule has 2 rings (SSSR count). The van der Waals surface area contributed by atoms with E-state index in [4.69, 9.17) is 4.74 Å². The number of ether oxygens (including phenoxy) is 1. The molecule has 2 nitrogen and oxygen atoms in total. The third-order valence-electron chi connectivity index (χ3n) is 5.19. The molecule has 0 unspecified atom stereocenters. The number of hydrogen-bond acceptors (Lipinski definition) is 2. The molecule has 2 heterocycles. The molecule has 0 radical (unpaired) electrons. The zero-order valence-electron chi connectivity index (χ0n) is 14.7. The molecular weight excluding hydrogens is 265 g/mol. The summed E-state index contributed by atoms with van der Waals surface area (Å²) in [7, 11) is 0. The lowest BCUT2D eigenvalue weighted by Gasteiger charge is -2.45. The monoisotopic (exact) mass is 297 g/mol. The van der Waals surface area contributed by atoms with Gasteiger partial charge in [0.2, 0.25) is 0 Å². The number of hydrogen-bond donors (Lipinski definition) is 0. The maximum atomic E-state index is 15.2. The van der Waals surface area contributed by atoms with E-state index in [0.29, 0.717) is 24.4 Å². The largest absolute Gasteiger partial charge is 0.360 e. The Bertz CT molecular complexity index is 415. The summed E-state index contributed by atoms with van der Waals surface area (Å²) in [4.78, 5) is 2.23. The van der Waals surface area contributed by atoms with Gasteiger partial charge >= 0.3 is 0 Å². The number of alkyl halides is 1. The molecule has 1 saturated heterocycles. The topological polar surface area (TPSA) is 12.5 Å². The van der Waals surface area contributed by atoms with E-state index < -0.39 is 11.8 Å². The van der Waals surface area contributed by atoms with Crippen LogP contribution >= 0.6 is 0 Å². The van der Waals surface area contributed by atoms with E-state index in [1.165, 1.54) is 11.1 Å². The van der Waals surface area contributed by atoms with Gasteiger partial charge in [0.05, 0.1) is 6.10 Å². The second-order valence-corrected chi connectivity index (χ2v) is 7.63. The lowest BCUT2D eigenvalue weighted by molar-refractivity contribution is -0.116. The van der Waals surface area contributed by atoms with Gasteiger partial charge in [-0.3, -0.25) is 4.90 Å². The van der Waals surface area contributed by atoms with Gasteiger partial charge in [-0.05, 0) is 50.2 Å². The van der Waals surface area contributed by atoms with E-state index in [9.17, 15) is 0 Å². The van der Waals surface area contributed by atoms with E-state index in [2.05, 4.69) is 53.4 Å². The van der Waals surface area contributed by atoms with Gasteiger partial charge in [0, 0.05) is 19.1 Å². The molecule has 3 atom stereocenters. The Morgan fingerprint density at radius 3 is 2.19 bits per heavy atom. The molecule has 122 valence electrons. The van der Waals surface area contributed by atoms with Crippen LogP contribution in [-0.4, -0.2) is 41.9 Å². The zero-order chi connectivity index (χ0) is 15.9. The molecule has 0 bridgehead atoms. The van der Waals surface area contributed by atoms with Crippen molar-refractivity contribution in [2.75, 3.05) is 13.1 Å². The maximum Gasteiger partial charge on any atom is 0.145 e. The van der Waals surface area contributed by atoms with Crippen molar-refractivity contribution in [3.8, 4) is 0 Å². The first-order chi connectivity index (χ1) is 9.70. The minimum atomic E-state index is -0.926. The van der Waals surface area contributed by atoms with Crippen molar-refractivity contribution in [1.29, 1.82) is 0 Å². The third kappa shape index (κ3) is 2.79. The molecule has 2 aliphatic heterocycles. The van der Waals surface area contributed by atoms with E-state index in [0.717, 1.165) is 13.0 Å². The summed E-state index contributed by atoms with van der Waals surface area (Å²) in [5.74, 6) is 0.767. The SMILES string of the molecule is CC(C)C1=C(C(C)C)[C@@]2(CCN(C(C)C)C[C@H]2F)O[C@H]1C. The van der Waals surface area contributed by atoms with Crippen molar-refractivity contribution in [2.24, 2.45) is 11.8 Å². The number of rotatable bonds is 3. The standard InChI is InChI=1S/C18H32FNO/c1-11(2)16-14(7)21-18(17(16)12(3)4)8-9-20(13(5)6)10-15(18)19/h11-15H,8-10H2,1-7H3/t14-,15+,18-/m0/s1. The molecule has 0 aromatic heterocycles. The van der Waals surface area contributed by atoms with Crippen molar-refractivity contribution in [3.63, 3.8) is 0 Å². The van der Waals surface area contributed by atoms with Gasteiger partial charge < -0.3 is 4.74 Å². The van der Waals surface area contributed by atoms with Crippen LogP contribution in [0.3, 0.4) is 0 Å². The normalized spacial score (nSPS) is 35.0. The van der Waals surface area contributed by atoms with Crippen LogP contribution in [0.1, 0.15) is 54.9 Å². The fourth-order valence-electron chi connectivity index (χ4n) is 4.32. The quantitative estimate of drug-likeness (QED) is 0.724. The number of piperidine rings is 1. The van der Waals surface area contributed by atoms with Crippen LogP contribution in [0.15, 0.2) is 11.1 Å². The van der Waals surface area contributed by atoms with Gasteiger partial charge in [-0.15, -0.1) is 0 Å². The van der Waals surface area contributed by atoms with Crippen molar-refractivity contribution in [1.82, 2.24) is 4.90 Å². The van der Waals surface area contributed by atoms with Gasteiger partial charge in [0.15, 0.2) is 0 Å². The molecule has 0 saturated carbocycles. The first-order valence-electron chi connectivity index (χ1n) is 8.51. The van der Waals surface area contributed by atoms with Gasteiger partial charge in [0.1, 0.15) is 11.8 Å². The molecule has 0 aliphatic carbocycles. The highest BCUT2D eigenvalue weighted by atomic mass is 19.1. The summed E-state index contributed by atoms with van der Waals surface area (Å²) < 4.78 is 21.5. The third-order valence-corrected chi connectivity index (χ3v) is 5.19. The summed E-state index contributed by atoms with van der Waals surface area (Å²) in [5, 5.41) is 0. The number of nitrogens with zero attached hydrogens (tertiary/aromatic N) is 1. The molecular formula is C18H32FNO. The highest BCUT2D eigenvalue weighted by Crippen LogP contribution is 2.49. The fourth-order valence-corrected chi connectivity index (χ4v) is 4.32. The summed E-state index contributed by atoms with van der Waals surface area (Å²) in [5.41, 5.74) is 1.92. The van der Waals surface area contributed by atoms with Crippen molar-refractivity contribution in [2.45, 2.75) is 78.8 Å². The van der Waals surface area contributed by atoms with Crippen molar-refractivity contribution >= 4 is 0 Å². The maximum absolute atomic E-state index is 15.2. The van der Waals surface area contributed by atoms with E-state index in [1.54, 1.807) is 0 Å². The Labute approximate surface area is 129 Å². The minimum Gasteiger partial charge on any atom is -0.360 e. The van der Waals surface area contributed by atoms with Gasteiger partial charge in [-0.2, -0.15) is 0 Å². The Kier molecular flexibility index (Phi) is 4.84. The molecule has 0 N–H and O–H groups in total. The van der Waals surface area contributed by atoms with Crippen LogP contribution in [0.25, 0.3) is 0 Å². The second-order valence-electron chi connectivity index (χ2n) is 7.63. The Balaban J connectivity index is 2.39. The summed E-state index contributed by atoms with van der Waals surface area (Å²) in [6, 6.07) is 0.399. The summed E-state index contributed by atoms with van der Waals surface area (Å²) in [6.07, 6.45) is -0.101. The molecule has 21 heavy (non-hydrogen) atoms. The summed E-state index contributed by atoms with van der Waals surface area (Å²) in [6.45, 7) is 16.6. The lowest BCUT2D eigenvalue weighted by Crippen LogP contribution is -2.57. The van der Waals surface area contributed by atoms with Crippen molar-refractivity contribution < 1.29 is 9.13 Å². The smallest absolute Gasteiger partial charge is 0.145 e. The first-order valence-corrected chi connectivity index (χ1v) is 8.51. The average molecular weight is 297 g/mol. The molecule has 3 heteroatoms. The lowest BCUT2D eigenvalue weighted by atomic mass is 9.75. The first kappa shape index (κ1) is 17.0. The van der Waals surface area contributed by atoms with Crippen LogP contribution in [0.4, 0.5) is 4.39 Å². The fraction of sp³-hybridized carbons (Fsp3) is 0.889. The highest BCUT2D eigenvalue weighted by Gasteiger charge is 2.54. The molecule has 1 spiro atoms. The highest BCUT2D eigenvalue weighted by molar-refractivity contribution is 5.37. The molecule has 1 fully saturated rings. The van der Waals surface area contributed by atoms with Gasteiger partial charge in [-0.1, -0.05) is 27.7 Å². The van der Waals surface area contributed by atoms with Crippen molar-refractivity contribution in [3.05, 3.63) is 11.1 Å². The predicted molar refractivity (Wildman–Crippen MR) is 86.2 cm³/mol. The van der Waals surface area contributed by atoms with Crippen LogP contribution in [0.2, 0.25) is 0 Å². The van der Waals surface area contributed by atoms with Crippen LogP contribution in [0, 0.1) is 11.8 Å². The van der Waals surface area contributed by atoms with E-state index in [1.807, 2.05) is 0 Å². The van der Waals surface area contributed by atoms with Crippen LogP contribution < -0.4 is 0 Å². The second kappa shape index (κ2) is 6.00. The number of likely N-dealkylation sites (tertiary alicyclic amines) is 1. The van der Waals surface area contributed by atoms with Gasteiger partial charge in [0.25, 0.3) is 0 Å². The molecule has 0 aromatic rings. The van der Waals surface area contributed by atoms with E-state index in [-0.39, 0.29) is 6.10 Å². The Morgan fingerprint density at radius 1 is 1.14 bits per heavy atom. The van der Waals surface area contributed by atoms with Crippen LogP contribution in [-0.2, 0) is 4.74 Å². The van der Waals surface area contributed by atoms with Crippen LogP contribution in [0.5, 0.6) is 0 Å². The Hall–Kier alpha value is -0.410. The minimum absolute atomic E-state index is 0.0475. The average Bonchev–Trinajstić information content (AvgIpc) is 2.66. The molecule has 0 amide bonds. The molecule has 2 aliphatic rings. The molecule has 0 aromatic carbocycles. The van der Waals surface area contributed by atoms with Gasteiger partial charge in [-0.25, -0.2) is 4.39 Å². The Morgan fingerprint density at radius 2 is 1.76 bits per heavy atom. The number of halogens is 1. The summed E-state index contributed by atoms with van der Waals surface area (Å²) >= 11 is 0. The zero-order valence-corrected chi connectivity index (χ0v) is 14.7. The van der Waals surface area contributed by atoms with E-state index >= 15 is 4.39 Å². The predicted octanol–water partition coefficient (Wildman–Crippen LogP) is 4.20.